The van der Waals surface area contributed by atoms with Crippen LogP contribution in [0.1, 0.15) is 142 Å². The topological polar surface area (TPSA) is 197 Å². The molecule has 364 valence electrons. The van der Waals surface area contributed by atoms with Crippen molar-refractivity contribution in [3.05, 3.63) is 76.8 Å². The first-order valence-corrected chi connectivity index (χ1v) is 24.9. The summed E-state index contributed by atoms with van der Waals surface area (Å²) < 4.78 is 23.6. The molecule has 68 heavy (non-hydrogen) atoms. The van der Waals surface area contributed by atoms with Gasteiger partial charge in [-0.3, -0.25) is 24.0 Å². The molecule has 0 aromatic heterocycles. The van der Waals surface area contributed by atoms with E-state index in [-0.39, 0.29) is 81.8 Å². The van der Waals surface area contributed by atoms with E-state index in [1.165, 1.54) is 0 Å². The predicted molar refractivity (Wildman–Crippen MR) is 263 cm³/mol. The van der Waals surface area contributed by atoms with Gasteiger partial charge in [0.1, 0.15) is 25.2 Å². The molecule has 2 atom stereocenters. The van der Waals surface area contributed by atoms with Gasteiger partial charge in [-0.05, 0) is 60.2 Å². The van der Waals surface area contributed by atoms with Crippen molar-refractivity contribution >= 4 is 73.8 Å². The van der Waals surface area contributed by atoms with E-state index >= 15 is 0 Å². The van der Waals surface area contributed by atoms with Crippen molar-refractivity contribution in [3.8, 4) is 0 Å². The Labute approximate surface area is 398 Å². The number of nitrogens with one attached hydrogen (secondary N) is 4. The van der Waals surface area contributed by atoms with Crippen molar-refractivity contribution in [1.29, 1.82) is 0 Å². The lowest BCUT2D eigenvalue weighted by Gasteiger charge is -2.42. The van der Waals surface area contributed by atoms with Crippen LogP contribution in [0.25, 0.3) is 27.1 Å². The summed E-state index contributed by atoms with van der Waals surface area (Å²) in [6.45, 7) is 7.58. The second-order valence-electron chi connectivity index (χ2n) is 18.7. The zero-order chi connectivity index (χ0) is 48.3. The highest BCUT2D eigenvalue weighted by Crippen LogP contribution is 2.48. The van der Waals surface area contributed by atoms with Crippen LogP contribution in [0, 0.1) is 0 Å². The van der Waals surface area contributed by atoms with Gasteiger partial charge in [0.2, 0.25) is 5.36 Å². The zero-order valence-electron chi connectivity index (χ0n) is 40.2. The van der Waals surface area contributed by atoms with Crippen LogP contribution in [0.5, 0.6) is 0 Å². The summed E-state index contributed by atoms with van der Waals surface area (Å²) in [5.74, 6) is -2.39. The summed E-state index contributed by atoms with van der Waals surface area (Å²) in [7, 11) is 0. The third-order valence-corrected chi connectivity index (χ3v) is 13.3. The van der Waals surface area contributed by atoms with E-state index < -0.39 is 23.3 Å². The molecule has 2 heterocycles. The molecule has 1 aliphatic carbocycles. The summed E-state index contributed by atoms with van der Waals surface area (Å²) in [6.07, 6.45) is 10.0. The Kier molecular flexibility index (Phi) is 16.8. The number of hydrogen-bond acceptors (Lipinski definition) is 12. The number of rotatable bonds is 25. The van der Waals surface area contributed by atoms with Crippen molar-refractivity contribution in [3.63, 3.8) is 0 Å². The Bertz CT molecular complexity index is 2580. The van der Waals surface area contributed by atoms with Gasteiger partial charge in [-0.2, -0.15) is 0 Å². The van der Waals surface area contributed by atoms with Gasteiger partial charge in [0, 0.05) is 36.8 Å². The number of unbranched alkanes of at least 4 members (excludes halogenated alkanes) is 8. The molecule has 4 aromatic carbocycles. The minimum atomic E-state index is -1.29. The summed E-state index contributed by atoms with van der Waals surface area (Å²) in [5, 5.41) is 27.4. The van der Waals surface area contributed by atoms with Crippen LogP contribution in [0.15, 0.2) is 60.7 Å². The van der Waals surface area contributed by atoms with E-state index in [4.69, 9.17) is 18.9 Å². The number of aliphatic hydroxyl groups is 1. The SMILES string of the molecule is CCCCCC(=O)OCC1(COC(=O)CCCCC)Nc2cccc3ccc(C4C(=[OH+])C(=c5ccc6cccc7c6c5=[NH+]C(COC(=O)CCCCC)(COC(=O)CCCCC)N7)C4O)c(c23)N1. The van der Waals surface area contributed by atoms with Gasteiger partial charge in [0.25, 0.3) is 0 Å². The van der Waals surface area contributed by atoms with Crippen LogP contribution >= 0.6 is 0 Å². The van der Waals surface area contributed by atoms with Gasteiger partial charge in [-0.15, -0.1) is 0 Å². The number of esters is 4. The summed E-state index contributed by atoms with van der Waals surface area (Å²) >= 11 is 0. The first-order chi connectivity index (χ1) is 33.0. The fourth-order valence-electron chi connectivity index (χ4n) is 9.49. The maximum Gasteiger partial charge on any atom is 0.333 e. The van der Waals surface area contributed by atoms with E-state index in [0.717, 1.165) is 72.9 Å². The Balaban J connectivity index is 1.27. The maximum atomic E-state index is 13.1. The van der Waals surface area contributed by atoms with E-state index in [1.54, 1.807) is 0 Å². The fraction of sp³-hybridized carbons (Fsp3) is 0.519. The van der Waals surface area contributed by atoms with E-state index in [2.05, 4.69) is 48.6 Å². The minimum Gasteiger partial charge on any atom is -0.461 e. The average Bonchev–Trinajstić information content (AvgIpc) is 3.33. The smallest absolute Gasteiger partial charge is 0.333 e. The second-order valence-corrected chi connectivity index (χ2v) is 18.7. The number of ketones is 1. The Morgan fingerprint density at radius 3 is 1.56 bits per heavy atom. The lowest BCUT2D eigenvalue weighted by Crippen LogP contribution is -2.98. The van der Waals surface area contributed by atoms with Crippen LogP contribution in [-0.2, 0) is 38.1 Å². The number of anilines is 3. The highest BCUT2D eigenvalue weighted by atomic mass is 16.6. The Hall–Kier alpha value is -6.02. The molecule has 0 bridgehead atoms. The molecule has 2 aliphatic heterocycles. The van der Waals surface area contributed by atoms with Crippen molar-refractivity contribution in [2.75, 3.05) is 42.4 Å². The zero-order valence-corrected chi connectivity index (χ0v) is 40.2. The summed E-state index contributed by atoms with van der Waals surface area (Å²) in [5.41, 5.74) is 0.326. The molecule has 3 aliphatic rings. The van der Waals surface area contributed by atoms with Crippen LogP contribution in [0.4, 0.5) is 17.1 Å². The van der Waals surface area contributed by atoms with E-state index in [1.807, 2.05) is 60.7 Å². The van der Waals surface area contributed by atoms with Gasteiger partial charge in [-0.25, -0.2) is 4.99 Å². The largest absolute Gasteiger partial charge is 0.461 e. The van der Waals surface area contributed by atoms with Gasteiger partial charge < -0.3 is 40.0 Å². The molecule has 0 amide bonds. The molecular weight excluding hydrogens is 865 g/mol. The van der Waals surface area contributed by atoms with Crippen LogP contribution in [-0.4, -0.2) is 83.4 Å². The molecule has 14 nitrogen and oxygen atoms in total. The fourth-order valence-corrected chi connectivity index (χ4v) is 9.49. The van der Waals surface area contributed by atoms with Gasteiger partial charge in [0.15, 0.2) is 18.9 Å². The van der Waals surface area contributed by atoms with Crippen LogP contribution in [0.3, 0.4) is 0 Å². The molecule has 1 fully saturated rings. The first-order valence-electron chi connectivity index (χ1n) is 24.9. The van der Waals surface area contributed by atoms with Crippen LogP contribution < -0.4 is 31.5 Å². The molecule has 0 saturated heterocycles. The third kappa shape index (κ3) is 11.3. The van der Waals surface area contributed by atoms with Crippen molar-refractivity contribution in [1.82, 2.24) is 0 Å². The number of benzene rings is 4. The summed E-state index contributed by atoms with van der Waals surface area (Å²) in [6, 6.07) is 19.2. The molecule has 1 saturated carbocycles. The standard InChI is InChI=1S/C54H68N4O10/c1-5-9-13-23-41(59)65-31-53(32-66-42(60)24-14-10-6-2)55-39-21-17-19-35-27-29-37(49(57-53)45(35)39)47-51(63)48(52(47)64)38-30-28-36-20-18-22-40-46(36)50(38)58-54(56-40,33-67-43(61)25-15-11-7-3)34-68-44(62)26-16-12-8-4/h17-22,27-30,47,51,55-57,63H,5-16,23-26,31-34H2,1-4H3/p+2. The molecule has 14 heteroatoms. The normalized spacial score (nSPS) is 18.0. The number of carbonyl (C=O) groups excluding carboxylic acids is 5. The average molecular weight is 935 g/mol. The Morgan fingerprint density at radius 2 is 1.06 bits per heavy atom. The van der Waals surface area contributed by atoms with E-state index in [0.29, 0.717) is 64.5 Å². The molecule has 0 radical (unpaired) electrons. The number of ether oxygens (including phenoxy) is 4. The molecule has 7 rings (SSSR count). The molecular formula is C54H70N4O10+2. The Morgan fingerprint density at radius 1 is 0.588 bits per heavy atom. The minimum absolute atomic E-state index is 0.0510. The van der Waals surface area contributed by atoms with Crippen molar-refractivity contribution in [2.45, 2.75) is 154 Å². The predicted octanol–water partition coefficient (Wildman–Crippen LogP) is 6.70. The van der Waals surface area contributed by atoms with Gasteiger partial charge in [-0.1, -0.05) is 122 Å². The van der Waals surface area contributed by atoms with Gasteiger partial charge >= 0.3 is 35.3 Å². The third-order valence-electron chi connectivity index (χ3n) is 13.3. The lowest BCUT2D eigenvalue weighted by atomic mass is 9.69. The quantitative estimate of drug-likeness (QED) is 0.0205. The van der Waals surface area contributed by atoms with Crippen molar-refractivity contribution in [2.24, 2.45) is 0 Å². The van der Waals surface area contributed by atoms with Crippen molar-refractivity contribution < 1.29 is 53.0 Å². The van der Waals surface area contributed by atoms with Crippen LogP contribution in [0.2, 0.25) is 0 Å². The second kappa shape index (κ2) is 22.9. The number of aliphatic hydroxyl groups excluding tert-OH is 1. The maximum absolute atomic E-state index is 13.1. The molecule has 2 unspecified atom stereocenters. The highest BCUT2D eigenvalue weighted by molar-refractivity contribution is 6.29. The monoisotopic (exact) mass is 935 g/mol. The molecule has 4 aromatic rings. The first kappa shape index (κ1) is 49.9. The molecule has 0 spiro atoms. The summed E-state index contributed by atoms with van der Waals surface area (Å²) in [4.78, 5) is 68.1. The molecule has 6 N–H and O–H groups in total. The highest BCUT2D eigenvalue weighted by Gasteiger charge is 2.54. The van der Waals surface area contributed by atoms with E-state index in [9.17, 15) is 29.1 Å². The number of carbonyl (C=O) groups is 4. The lowest BCUT2D eigenvalue weighted by molar-refractivity contribution is -0.589. The van der Waals surface area contributed by atoms with Gasteiger partial charge in [0.05, 0.1) is 27.6 Å². The number of hydrogen-bond donors (Lipinski definition) is 5.